The molecule has 0 bridgehead atoms. The lowest BCUT2D eigenvalue weighted by molar-refractivity contribution is -0.623. The summed E-state index contributed by atoms with van der Waals surface area (Å²) in [5, 5.41) is 15.2. The molecule has 6 heteroatoms. The molecule has 0 aromatic carbocycles. The second kappa shape index (κ2) is 23.3. The average molecular weight is 417 g/mol. The van der Waals surface area contributed by atoms with Crippen LogP contribution in [0.3, 0.4) is 0 Å². The van der Waals surface area contributed by atoms with Gasteiger partial charge in [0, 0.05) is 6.08 Å². The van der Waals surface area contributed by atoms with Gasteiger partial charge in [-0.2, -0.15) is 0 Å². The van der Waals surface area contributed by atoms with Gasteiger partial charge in [-0.3, -0.25) is 0 Å². The lowest BCUT2D eigenvalue weighted by Crippen LogP contribution is -2.17. The van der Waals surface area contributed by atoms with Gasteiger partial charge in [0.05, 0.1) is 6.61 Å². The van der Waals surface area contributed by atoms with Gasteiger partial charge in [-0.05, 0) is 42.2 Å². The van der Waals surface area contributed by atoms with Crippen molar-refractivity contribution in [2.75, 3.05) is 6.61 Å². The van der Waals surface area contributed by atoms with Crippen molar-refractivity contribution in [3.63, 3.8) is 0 Å². The van der Waals surface area contributed by atoms with Gasteiger partial charge in [0.1, 0.15) is 6.10 Å². The van der Waals surface area contributed by atoms with Gasteiger partial charge in [-0.1, -0.05) is 90.6 Å². The predicted octanol–water partition coefficient (Wildman–Crippen LogP) is 7.09. The summed E-state index contributed by atoms with van der Waals surface area (Å²) < 4.78 is 5.52. The number of unbranched alkanes of at least 4 members (excludes halogenated alkanes) is 13. The highest BCUT2D eigenvalue weighted by Crippen LogP contribution is 2.17. The van der Waals surface area contributed by atoms with Crippen molar-refractivity contribution in [1.29, 1.82) is 0 Å². The summed E-state index contributed by atoms with van der Waals surface area (Å²) in [6.45, 7) is 6.14. The van der Waals surface area contributed by atoms with Crippen LogP contribution in [0.5, 0.6) is 0 Å². The van der Waals surface area contributed by atoms with E-state index in [0.29, 0.717) is 6.61 Å². The molecule has 1 unspecified atom stereocenters. The summed E-state index contributed by atoms with van der Waals surface area (Å²) >= 11 is 0. The molecule has 6 nitrogen and oxygen atoms in total. The Kier molecular flexibility index (Phi) is 22.6. The number of carbonyl (C=O) groups excluding carboxylic acids is 1. The van der Waals surface area contributed by atoms with E-state index >= 15 is 0 Å². The molecule has 0 saturated heterocycles. The predicted molar refractivity (Wildman–Crippen MR) is 115 cm³/mol. The summed E-state index contributed by atoms with van der Waals surface area (Å²) in [6, 6.07) is 0. The minimum absolute atomic E-state index is 0.00739. The normalized spacial score (nSPS) is 12.1. The fourth-order valence-corrected chi connectivity index (χ4v) is 3.45. The fourth-order valence-electron chi connectivity index (χ4n) is 3.45. The van der Waals surface area contributed by atoms with E-state index in [-0.39, 0.29) is 12.1 Å². The van der Waals surface area contributed by atoms with Crippen molar-refractivity contribution < 1.29 is 29.8 Å². The molecule has 0 spiro atoms. The maximum absolute atomic E-state index is 11.6. The summed E-state index contributed by atoms with van der Waals surface area (Å²) in [6.07, 6.45) is 21.3. The van der Waals surface area contributed by atoms with Crippen LogP contribution < -0.4 is 0 Å². The minimum Gasteiger partial charge on any atom is -0.459 e. The Morgan fingerprint density at radius 1 is 0.828 bits per heavy atom. The van der Waals surface area contributed by atoms with E-state index in [1.165, 1.54) is 63.9 Å². The van der Waals surface area contributed by atoms with Crippen molar-refractivity contribution in [1.82, 2.24) is 0 Å². The summed E-state index contributed by atoms with van der Waals surface area (Å²) in [4.78, 5) is 16.1. The SMILES string of the molecule is C=CC(=O)OC(CCCCCCCCCCCC)CCCCCCCOOOO. The number of esters is 1. The van der Waals surface area contributed by atoms with Gasteiger partial charge in [-0.25, -0.2) is 14.9 Å². The molecule has 172 valence electrons. The molecule has 0 aromatic rings. The Hall–Kier alpha value is -0.950. The molecule has 0 aliphatic rings. The van der Waals surface area contributed by atoms with Gasteiger partial charge < -0.3 is 4.74 Å². The molecule has 1 N–H and O–H groups in total. The summed E-state index contributed by atoms with van der Waals surface area (Å²) in [5.41, 5.74) is 0. The molecule has 0 aliphatic carbocycles. The van der Waals surface area contributed by atoms with E-state index in [1.54, 1.807) is 0 Å². The maximum atomic E-state index is 11.6. The molecule has 0 aromatic heterocycles. The van der Waals surface area contributed by atoms with Crippen LogP contribution in [0.15, 0.2) is 12.7 Å². The van der Waals surface area contributed by atoms with Crippen LogP contribution in [0.4, 0.5) is 0 Å². The van der Waals surface area contributed by atoms with E-state index in [9.17, 15) is 4.79 Å². The number of hydrogen-bond donors (Lipinski definition) is 1. The number of hydrogen-bond acceptors (Lipinski definition) is 6. The first-order valence-corrected chi connectivity index (χ1v) is 11.7. The van der Waals surface area contributed by atoms with Crippen LogP contribution in [0, 0.1) is 0 Å². The Morgan fingerprint density at radius 2 is 1.31 bits per heavy atom. The van der Waals surface area contributed by atoms with Crippen molar-refractivity contribution in [3.8, 4) is 0 Å². The topological polar surface area (TPSA) is 74.2 Å². The third-order valence-corrected chi connectivity index (χ3v) is 5.16. The maximum Gasteiger partial charge on any atom is 0.330 e. The Morgan fingerprint density at radius 3 is 1.79 bits per heavy atom. The zero-order chi connectivity index (χ0) is 21.4. The minimum atomic E-state index is -0.315. The highest BCUT2D eigenvalue weighted by atomic mass is 17.6. The van der Waals surface area contributed by atoms with Gasteiger partial charge in [-0.15, -0.1) is 0 Å². The second-order valence-electron chi connectivity index (χ2n) is 7.75. The van der Waals surface area contributed by atoms with E-state index in [1.807, 2.05) is 0 Å². The molecular weight excluding hydrogens is 372 g/mol. The Balaban J connectivity index is 3.70. The molecule has 0 heterocycles. The number of rotatable bonds is 23. The molecule has 0 fully saturated rings. The second-order valence-corrected chi connectivity index (χ2v) is 7.75. The van der Waals surface area contributed by atoms with Gasteiger partial charge in [0.2, 0.25) is 0 Å². The molecular formula is C23H44O6. The van der Waals surface area contributed by atoms with Crippen molar-refractivity contribution in [3.05, 3.63) is 12.7 Å². The number of carbonyl (C=O) groups is 1. The van der Waals surface area contributed by atoms with Gasteiger partial charge in [0.25, 0.3) is 0 Å². The monoisotopic (exact) mass is 416 g/mol. The zero-order valence-electron chi connectivity index (χ0n) is 18.6. The van der Waals surface area contributed by atoms with E-state index in [4.69, 9.17) is 9.99 Å². The molecule has 29 heavy (non-hydrogen) atoms. The average Bonchev–Trinajstić information content (AvgIpc) is 2.73. The molecule has 0 saturated carbocycles. The third kappa shape index (κ3) is 21.6. The molecule has 0 aliphatic heterocycles. The van der Waals surface area contributed by atoms with Crippen LogP contribution in [0.25, 0.3) is 0 Å². The standard InChI is InChI=1S/C23H44O6/c1-3-5-6-7-8-9-10-11-13-16-19-22(27-23(24)4-2)20-17-14-12-15-18-21-26-29-28-25/h4,22,25H,2-3,5-21H2,1H3. The summed E-state index contributed by atoms with van der Waals surface area (Å²) in [5.74, 6) is -0.315. The number of ether oxygens (including phenoxy) is 1. The van der Waals surface area contributed by atoms with Crippen LogP contribution in [0.1, 0.15) is 116 Å². The molecule has 0 radical (unpaired) electrons. The lowest BCUT2D eigenvalue weighted by Gasteiger charge is -2.17. The molecule has 0 amide bonds. The first-order chi connectivity index (χ1) is 14.2. The summed E-state index contributed by atoms with van der Waals surface area (Å²) in [7, 11) is 0. The lowest BCUT2D eigenvalue weighted by atomic mass is 10.0. The van der Waals surface area contributed by atoms with Gasteiger partial charge >= 0.3 is 5.97 Å². The Bertz CT molecular complexity index is 361. The van der Waals surface area contributed by atoms with E-state index < -0.39 is 0 Å². The first kappa shape index (κ1) is 28.1. The largest absolute Gasteiger partial charge is 0.459 e. The van der Waals surface area contributed by atoms with Crippen molar-refractivity contribution in [2.45, 2.75) is 122 Å². The van der Waals surface area contributed by atoms with Crippen molar-refractivity contribution in [2.24, 2.45) is 0 Å². The smallest absolute Gasteiger partial charge is 0.330 e. The Labute approximate surface area is 177 Å². The van der Waals surface area contributed by atoms with Crippen LogP contribution in [0.2, 0.25) is 0 Å². The van der Waals surface area contributed by atoms with E-state index in [0.717, 1.165) is 51.4 Å². The fraction of sp³-hybridized carbons (Fsp3) is 0.870. The highest BCUT2D eigenvalue weighted by molar-refractivity contribution is 5.81. The van der Waals surface area contributed by atoms with Crippen LogP contribution in [-0.2, 0) is 24.5 Å². The molecule has 0 rings (SSSR count). The first-order valence-electron chi connectivity index (χ1n) is 11.7. The van der Waals surface area contributed by atoms with E-state index in [2.05, 4.69) is 28.5 Å². The highest BCUT2D eigenvalue weighted by Gasteiger charge is 2.12. The quantitative estimate of drug-likeness (QED) is 0.0630. The zero-order valence-corrected chi connectivity index (χ0v) is 18.6. The third-order valence-electron chi connectivity index (χ3n) is 5.16. The van der Waals surface area contributed by atoms with Gasteiger partial charge in [0.15, 0.2) is 0 Å². The molecule has 1 atom stereocenters. The van der Waals surface area contributed by atoms with Crippen LogP contribution in [-0.4, -0.2) is 23.9 Å². The van der Waals surface area contributed by atoms with Crippen molar-refractivity contribution >= 4 is 5.97 Å². The van der Waals surface area contributed by atoms with Crippen LogP contribution >= 0.6 is 0 Å².